The molecule has 0 atom stereocenters. The number of anilines is 1. The maximum absolute atomic E-state index is 11.6. The Kier molecular flexibility index (Phi) is 7.40. The van der Waals surface area contributed by atoms with Crippen LogP contribution in [0.25, 0.3) is 27.8 Å². The second kappa shape index (κ2) is 11.0. The van der Waals surface area contributed by atoms with Crippen molar-refractivity contribution in [2.45, 2.75) is 0 Å². The van der Waals surface area contributed by atoms with Crippen LogP contribution in [0.2, 0.25) is 0 Å². The second-order valence-corrected chi connectivity index (χ2v) is 8.85. The zero-order chi connectivity index (χ0) is 28.1. The number of hydrogen-bond donors (Lipinski definition) is 0. The molecule has 0 bridgehead atoms. The van der Waals surface area contributed by atoms with Crippen LogP contribution in [0.15, 0.2) is 66.2 Å². The Hall–Kier alpha value is -5.88. The third kappa shape index (κ3) is 4.90. The number of nitro groups is 1. The van der Waals surface area contributed by atoms with Gasteiger partial charge in [-0.15, -0.1) is 0 Å². The molecule has 186 valence electrons. The lowest BCUT2D eigenvalue weighted by molar-refractivity contribution is -0.383. The highest BCUT2D eigenvalue weighted by Gasteiger charge is 2.25. The van der Waals surface area contributed by atoms with Crippen LogP contribution >= 0.6 is 11.7 Å². The van der Waals surface area contributed by atoms with Gasteiger partial charge < -0.3 is 4.90 Å². The van der Waals surface area contributed by atoms with Gasteiger partial charge in [-0.05, 0) is 34.6 Å². The maximum atomic E-state index is 11.6. The first-order valence-corrected chi connectivity index (χ1v) is 11.9. The summed E-state index contributed by atoms with van der Waals surface area (Å²) < 4.78 is 8.38. The maximum Gasteiger partial charge on any atom is 0.298 e. The van der Waals surface area contributed by atoms with Gasteiger partial charge >= 0.3 is 0 Å². The Labute approximate surface area is 226 Å². The Bertz CT molecular complexity index is 1910. The highest BCUT2D eigenvalue weighted by molar-refractivity contribution is 7.00. The first-order valence-electron chi connectivity index (χ1n) is 11.2. The minimum absolute atomic E-state index is 0.0511. The summed E-state index contributed by atoms with van der Waals surface area (Å²) in [6.07, 6.45) is 0. The number of benzene rings is 3. The van der Waals surface area contributed by atoms with Gasteiger partial charge in [0.15, 0.2) is 5.52 Å². The summed E-state index contributed by atoms with van der Waals surface area (Å²) in [5.41, 5.74) is 2.34. The van der Waals surface area contributed by atoms with Crippen LogP contribution < -0.4 is 15.3 Å². The highest BCUT2D eigenvalue weighted by atomic mass is 32.1. The van der Waals surface area contributed by atoms with Crippen molar-refractivity contribution in [3.8, 4) is 24.3 Å². The predicted molar refractivity (Wildman–Crippen MR) is 146 cm³/mol. The molecule has 4 aromatic rings. The molecular weight excluding hydrogens is 512 g/mol. The van der Waals surface area contributed by atoms with Gasteiger partial charge in [-0.3, -0.25) is 10.1 Å². The van der Waals surface area contributed by atoms with Crippen molar-refractivity contribution in [3.05, 3.63) is 97.9 Å². The fourth-order valence-electron chi connectivity index (χ4n) is 4.07. The lowest BCUT2D eigenvalue weighted by Gasteiger charge is -2.17. The Balaban J connectivity index is 2.18. The number of nitro benzene ring substituents is 1. The fraction of sp³-hybridized carbons (Fsp3) is 0.0714. The summed E-state index contributed by atoms with van der Waals surface area (Å²) in [6, 6.07) is 24.4. The molecule has 0 unspecified atom stereocenters. The van der Waals surface area contributed by atoms with Crippen LogP contribution in [0.4, 0.5) is 11.4 Å². The van der Waals surface area contributed by atoms with Gasteiger partial charge in [0.1, 0.15) is 40.9 Å². The van der Waals surface area contributed by atoms with Crippen LogP contribution in [0.5, 0.6) is 0 Å². The van der Waals surface area contributed by atoms with Crippen LogP contribution in [-0.4, -0.2) is 27.8 Å². The van der Waals surface area contributed by atoms with E-state index < -0.39 is 4.92 Å². The van der Waals surface area contributed by atoms with Gasteiger partial charge in [-0.1, -0.05) is 36.4 Å². The van der Waals surface area contributed by atoms with Crippen molar-refractivity contribution in [1.29, 1.82) is 21.0 Å². The summed E-state index contributed by atoms with van der Waals surface area (Å²) in [4.78, 5) is 13.0. The zero-order valence-electron chi connectivity index (χ0n) is 20.6. The van der Waals surface area contributed by atoms with Crippen molar-refractivity contribution < 1.29 is 4.92 Å². The monoisotopic (exact) mass is 528 g/mol. The van der Waals surface area contributed by atoms with Crippen molar-refractivity contribution in [2.75, 3.05) is 19.0 Å². The number of rotatable bonds is 5. The lowest BCUT2D eigenvalue weighted by atomic mass is 9.86. The van der Waals surface area contributed by atoms with Gasteiger partial charge in [-0.2, -0.15) is 29.8 Å². The summed E-state index contributed by atoms with van der Waals surface area (Å²) in [7, 11) is 3.79. The topological polar surface area (TPSA) is 167 Å². The first kappa shape index (κ1) is 26.2. The lowest BCUT2D eigenvalue weighted by Crippen LogP contribution is -2.15. The molecule has 0 aliphatic rings. The van der Waals surface area contributed by atoms with Gasteiger partial charge in [-0.25, -0.2) is 0 Å². The van der Waals surface area contributed by atoms with Crippen molar-refractivity contribution in [3.63, 3.8) is 0 Å². The van der Waals surface area contributed by atoms with E-state index in [1.807, 2.05) is 67.5 Å². The first-order chi connectivity index (χ1) is 18.8. The van der Waals surface area contributed by atoms with Crippen LogP contribution in [0, 0.1) is 55.4 Å². The molecule has 0 radical (unpaired) electrons. The van der Waals surface area contributed by atoms with E-state index in [9.17, 15) is 31.2 Å². The van der Waals surface area contributed by atoms with Crippen molar-refractivity contribution >= 4 is 50.9 Å². The normalized spacial score (nSPS) is 9.90. The Morgan fingerprint density at radius 2 is 1.41 bits per heavy atom. The number of non-ortho nitro benzene ring substituents is 1. The number of allylic oxidation sites excluding steroid dienone is 2. The smallest absolute Gasteiger partial charge is 0.298 e. The summed E-state index contributed by atoms with van der Waals surface area (Å²) in [5, 5.41) is 51.1. The summed E-state index contributed by atoms with van der Waals surface area (Å²) in [5.74, 6) is 0. The van der Waals surface area contributed by atoms with E-state index >= 15 is 0 Å². The predicted octanol–water partition coefficient (Wildman–Crippen LogP) is 3.56. The molecule has 3 aromatic carbocycles. The van der Waals surface area contributed by atoms with Gasteiger partial charge in [0.2, 0.25) is 0 Å². The van der Waals surface area contributed by atoms with Gasteiger partial charge in [0.05, 0.1) is 16.7 Å². The third-order valence-corrected chi connectivity index (χ3v) is 6.47. The largest absolute Gasteiger partial charge is 0.378 e. The van der Waals surface area contributed by atoms with E-state index in [1.54, 1.807) is 24.3 Å². The molecular formula is C28H16N8O2S. The zero-order valence-corrected chi connectivity index (χ0v) is 21.4. The van der Waals surface area contributed by atoms with Crippen LogP contribution in [0.3, 0.4) is 0 Å². The molecule has 39 heavy (non-hydrogen) atoms. The van der Waals surface area contributed by atoms with E-state index in [1.165, 1.54) is 12.1 Å². The number of aromatic nitrogens is 2. The number of nitriles is 4. The van der Waals surface area contributed by atoms with Gasteiger partial charge in [0, 0.05) is 42.2 Å². The van der Waals surface area contributed by atoms with E-state index in [2.05, 4.69) is 8.75 Å². The Morgan fingerprint density at radius 1 is 0.821 bits per heavy atom. The van der Waals surface area contributed by atoms with Crippen molar-refractivity contribution in [2.24, 2.45) is 0 Å². The Morgan fingerprint density at radius 3 is 1.95 bits per heavy atom. The summed E-state index contributed by atoms with van der Waals surface area (Å²) in [6.45, 7) is 0. The average molecular weight is 529 g/mol. The third-order valence-electron chi connectivity index (χ3n) is 5.94. The summed E-state index contributed by atoms with van der Waals surface area (Å²) >= 11 is 0.790. The number of hydrogen-bond acceptors (Lipinski definition) is 10. The van der Waals surface area contributed by atoms with E-state index in [4.69, 9.17) is 0 Å². The number of fused-ring (bicyclic) bond motifs is 1. The van der Waals surface area contributed by atoms with Gasteiger partial charge in [0.25, 0.3) is 5.69 Å². The molecule has 0 aliphatic heterocycles. The van der Waals surface area contributed by atoms with E-state index in [0.29, 0.717) is 27.1 Å². The molecule has 1 aromatic heterocycles. The van der Waals surface area contributed by atoms with Crippen LogP contribution in [-0.2, 0) is 0 Å². The molecule has 1 heterocycles. The second-order valence-electron chi connectivity index (χ2n) is 8.32. The molecule has 0 aliphatic carbocycles. The standard InChI is InChI=1S/C28H16N8O2S/c1-35(2)22-9-7-19(8-10-22)25(18-5-3-17(4-6-18)20(13-29)14-30)26(21(15-31)16-32)23-11-12-24(36(37)38)28-27(23)33-39-34-28/h3-12H,1-2H3. The minimum Gasteiger partial charge on any atom is -0.378 e. The van der Waals surface area contributed by atoms with Crippen LogP contribution in [0.1, 0.15) is 11.1 Å². The molecule has 10 nitrogen and oxygen atoms in total. The molecule has 4 rings (SSSR count). The van der Waals surface area contributed by atoms with E-state index in [-0.39, 0.29) is 33.4 Å². The molecule has 0 amide bonds. The minimum atomic E-state index is -0.561. The SMILES string of the molecule is CN(C)c1ccc(C(C(=C(C#N)C#N)c2ccc([N+](=O)[O-])c3nsnc23)=c2ccc(=C(C#N)C#N)cc2)cc1. The molecule has 0 N–H and O–H groups in total. The molecule has 0 saturated carbocycles. The molecule has 0 fully saturated rings. The highest BCUT2D eigenvalue weighted by Crippen LogP contribution is 2.38. The average Bonchev–Trinajstić information content (AvgIpc) is 3.44. The quantitative estimate of drug-likeness (QED) is 0.214. The number of nitrogens with zero attached hydrogens (tertiary/aromatic N) is 8. The molecule has 0 spiro atoms. The molecule has 11 heteroatoms. The molecule has 0 saturated heterocycles. The van der Waals surface area contributed by atoms with Crippen molar-refractivity contribution in [1.82, 2.24) is 8.75 Å². The van der Waals surface area contributed by atoms with E-state index in [0.717, 1.165) is 17.4 Å². The fourth-order valence-corrected chi connectivity index (χ4v) is 4.64.